The molecule has 3 nitrogen and oxygen atoms in total. The lowest BCUT2D eigenvalue weighted by Gasteiger charge is -2.30. The molecular formula is C18H19F2NO2. The minimum Gasteiger partial charge on any atom is -0.497 e. The van der Waals surface area contributed by atoms with Crippen molar-refractivity contribution in [3.8, 4) is 11.5 Å². The van der Waals surface area contributed by atoms with Gasteiger partial charge in [-0.2, -0.15) is 0 Å². The first-order valence-electron chi connectivity index (χ1n) is 7.49. The normalized spacial score (nSPS) is 20.9. The Labute approximate surface area is 134 Å². The molecule has 0 amide bonds. The molecule has 0 aromatic heterocycles. The van der Waals surface area contributed by atoms with Crippen LogP contribution in [0.2, 0.25) is 0 Å². The maximum absolute atomic E-state index is 15.5. The maximum atomic E-state index is 15.5. The molecule has 1 aliphatic carbocycles. The number of fused-ring (bicyclic) bond motifs is 1. The van der Waals surface area contributed by atoms with Crippen LogP contribution in [0.5, 0.6) is 11.5 Å². The van der Waals surface area contributed by atoms with Gasteiger partial charge in [0.1, 0.15) is 5.75 Å². The van der Waals surface area contributed by atoms with Crippen molar-refractivity contribution in [3.63, 3.8) is 0 Å². The molecule has 0 aliphatic heterocycles. The zero-order chi connectivity index (χ0) is 16.4. The van der Waals surface area contributed by atoms with Crippen LogP contribution >= 0.6 is 0 Å². The molecule has 122 valence electrons. The molecule has 0 bridgehead atoms. The largest absolute Gasteiger partial charge is 0.497 e. The molecule has 2 atom stereocenters. The summed E-state index contributed by atoms with van der Waals surface area (Å²) in [5.41, 5.74) is 0.168. The highest BCUT2D eigenvalue weighted by molar-refractivity contribution is 5.42. The predicted molar refractivity (Wildman–Crippen MR) is 84.1 cm³/mol. The first-order valence-corrected chi connectivity index (χ1v) is 7.49. The van der Waals surface area contributed by atoms with Crippen LogP contribution in [0.4, 0.5) is 8.78 Å². The highest BCUT2D eigenvalue weighted by Gasteiger charge is 2.46. The molecule has 2 aromatic carbocycles. The smallest absolute Gasteiger partial charge is 0.185 e. The third-order valence-electron chi connectivity index (χ3n) is 4.20. The van der Waals surface area contributed by atoms with Crippen LogP contribution in [0, 0.1) is 5.82 Å². The van der Waals surface area contributed by atoms with Crippen LogP contribution in [0.1, 0.15) is 11.1 Å². The van der Waals surface area contributed by atoms with Crippen LogP contribution in [0.15, 0.2) is 42.5 Å². The average Bonchev–Trinajstić information content (AvgIpc) is 2.90. The fraction of sp³-hybridized carbons (Fsp3) is 0.333. The van der Waals surface area contributed by atoms with E-state index in [1.165, 1.54) is 12.1 Å². The number of hydrogen-bond acceptors (Lipinski definition) is 3. The lowest BCUT2D eigenvalue weighted by Crippen LogP contribution is -2.51. The van der Waals surface area contributed by atoms with Crippen molar-refractivity contribution in [2.24, 2.45) is 0 Å². The summed E-state index contributed by atoms with van der Waals surface area (Å²) in [6.07, 6.45) is -0.538. The molecule has 1 aliphatic rings. The highest BCUT2D eigenvalue weighted by Crippen LogP contribution is 2.38. The van der Waals surface area contributed by atoms with Crippen LogP contribution in [-0.4, -0.2) is 26.1 Å². The SMILES string of the molecule is CNC(Oc1ccccc1F)C1(F)Cc2ccc(OC)cc2C1. The minimum atomic E-state index is -1.65. The van der Waals surface area contributed by atoms with Gasteiger partial charge in [-0.05, 0) is 42.4 Å². The van der Waals surface area contributed by atoms with Crippen molar-refractivity contribution in [2.45, 2.75) is 24.7 Å². The summed E-state index contributed by atoms with van der Waals surface area (Å²) >= 11 is 0. The van der Waals surface area contributed by atoms with Crippen LogP contribution in [-0.2, 0) is 12.8 Å². The lowest BCUT2D eigenvalue weighted by atomic mass is 10.0. The Kier molecular flexibility index (Phi) is 4.22. The van der Waals surface area contributed by atoms with E-state index >= 15 is 4.39 Å². The fourth-order valence-corrected chi connectivity index (χ4v) is 3.04. The van der Waals surface area contributed by atoms with Crippen molar-refractivity contribution < 1.29 is 18.3 Å². The van der Waals surface area contributed by atoms with Gasteiger partial charge in [-0.1, -0.05) is 18.2 Å². The monoisotopic (exact) mass is 319 g/mol. The number of benzene rings is 2. The summed E-state index contributed by atoms with van der Waals surface area (Å²) in [7, 11) is 3.19. The van der Waals surface area contributed by atoms with E-state index in [-0.39, 0.29) is 18.6 Å². The topological polar surface area (TPSA) is 30.5 Å². The van der Waals surface area contributed by atoms with Gasteiger partial charge in [0.2, 0.25) is 0 Å². The predicted octanol–water partition coefficient (Wildman–Crippen LogP) is 3.27. The van der Waals surface area contributed by atoms with E-state index < -0.39 is 17.7 Å². The van der Waals surface area contributed by atoms with Crippen molar-refractivity contribution in [2.75, 3.05) is 14.2 Å². The van der Waals surface area contributed by atoms with Crippen molar-refractivity contribution in [1.82, 2.24) is 5.32 Å². The molecule has 0 radical (unpaired) electrons. The first-order chi connectivity index (χ1) is 11.1. The third-order valence-corrected chi connectivity index (χ3v) is 4.20. The van der Waals surface area contributed by atoms with Gasteiger partial charge in [0, 0.05) is 12.8 Å². The van der Waals surface area contributed by atoms with Gasteiger partial charge in [-0.15, -0.1) is 0 Å². The van der Waals surface area contributed by atoms with E-state index in [1.807, 2.05) is 18.2 Å². The van der Waals surface area contributed by atoms with Crippen molar-refractivity contribution in [1.29, 1.82) is 0 Å². The van der Waals surface area contributed by atoms with Crippen LogP contribution in [0.3, 0.4) is 0 Å². The highest BCUT2D eigenvalue weighted by atomic mass is 19.1. The van der Waals surface area contributed by atoms with E-state index in [9.17, 15) is 4.39 Å². The molecule has 0 spiro atoms. The molecule has 2 aromatic rings. The van der Waals surface area contributed by atoms with Gasteiger partial charge in [0.05, 0.1) is 7.11 Å². The second-order valence-corrected chi connectivity index (χ2v) is 5.74. The summed E-state index contributed by atoms with van der Waals surface area (Å²) in [6.45, 7) is 0. The van der Waals surface area contributed by atoms with E-state index in [4.69, 9.17) is 9.47 Å². The standard InChI is InChI=1S/C18H19F2NO2/c1-21-17(23-16-6-4-3-5-15(16)19)18(20)10-12-7-8-14(22-2)9-13(12)11-18/h3-9,17,21H,10-11H2,1-2H3. The molecular weight excluding hydrogens is 300 g/mol. The van der Waals surface area contributed by atoms with Gasteiger partial charge in [-0.25, -0.2) is 8.78 Å². The number of para-hydroxylation sites is 1. The second kappa shape index (κ2) is 6.16. The van der Waals surface area contributed by atoms with Crippen molar-refractivity contribution in [3.05, 3.63) is 59.4 Å². The van der Waals surface area contributed by atoms with Gasteiger partial charge >= 0.3 is 0 Å². The molecule has 1 N–H and O–H groups in total. The molecule has 5 heteroatoms. The van der Waals surface area contributed by atoms with Gasteiger partial charge in [0.15, 0.2) is 23.5 Å². The summed E-state index contributed by atoms with van der Waals surface area (Å²) in [5.74, 6) is 0.231. The zero-order valence-corrected chi connectivity index (χ0v) is 13.1. The van der Waals surface area contributed by atoms with Crippen LogP contribution < -0.4 is 14.8 Å². The Hall–Kier alpha value is -2.14. The Morgan fingerprint density at radius 2 is 1.87 bits per heavy atom. The number of rotatable bonds is 5. The average molecular weight is 319 g/mol. The van der Waals surface area contributed by atoms with E-state index in [1.54, 1.807) is 26.3 Å². The molecule has 23 heavy (non-hydrogen) atoms. The maximum Gasteiger partial charge on any atom is 0.185 e. The van der Waals surface area contributed by atoms with E-state index in [0.717, 1.165) is 11.1 Å². The molecule has 3 rings (SSSR count). The molecule has 0 fully saturated rings. The second-order valence-electron chi connectivity index (χ2n) is 5.74. The fourth-order valence-electron chi connectivity index (χ4n) is 3.04. The summed E-state index contributed by atoms with van der Waals surface area (Å²) in [4.78, 5) is 0. The number of ether oxygens (including phenoxy) is 2. The Morgan fingerprint density at radius 3 is 2.57 bits per heavy atom. The van der Waals surface area contributed by atoms with Gasteiger partial charge in [0.25, 0.3) is 0 Å². The van der Waals surface area contributed by atoms with Crippen LogP contribution in [0.25, 0.3) is 0 Å². The minimum absolute atomic E-state index is 0.0393. The number of alkyl halides is 1. The summed E-state index contributed by atoms with van der Waals surface area (Å²) in [5, 5.41) is 2.83. The third kappa shape index (κ3) is 3.01. The van der Waals surface area contributed by atoms with Gasteiger partial charge < -0.3 is 9.47 Å². The lowest BCUT2D eigenvalue weighted by molar-refractivity contribution is -0.00318. The first kappa shape index (κ1) is 15.7. The summed E-state index contributed by atoms with van der Waals surface area (Å²) < 4.78 is 40.0. The molecule has 2 unspecified atom stereocenters. The van der Waals surface area contributed by atoms with Crippen molar-refractivity contribution >= 4 is 0 Å². The summed E-state index contributed by atoms with van der Waals surface area (Å²) in [6, 6.07) is 11.5. The number of halogens is 2. The number of methoxy groups -OCH3 is 1. The zero-order valence-electron chi connectivity index (χ0n) is 13.1. The number of hydrogen-bond donors (Lipinski definition) is 1. The number of nitrogens with one attached hydrogen (secondary N) is 1. The molecule has 0 heterocycles. The Morgan fingerprint density at radius 1 is 1.13 bits per heavy atom. The Balaban J connectivity index is 1.83. The molecule has 0 saturated heterocycles. The van der Waals surface area contributed by atoms with E-state index in [0.29, 0.717) is 5.75 Å². The van der Waals surface area contributed by atoms with Gasteiger partial charge in [-0.3, -0.25) is 5.32 Å². The Bertz CT molecular complexity index is 707. The van der Waals surface area contributed by atoms with E-state index in [2.05, 4.69) is 5.32 Å². The quantitative estimate of drug-likeness (QED) is 0.858. The molecule has 0 saturated carbocycles.